The van der Waals surface area contributed by atoms with Gasteiger partial charge in [0.15, 0.2) is 5.65 Å². The first-order chi connectivity index (χ1) is 17.1. The molecule has 1 aliphatic carbocycles. The van der Waals surface area contributed by atoms with E-state index in [4.69, 9.17) is 0 Å². The first-order valence-corrected chi connectivity index (χ1v) is 12.5. The van der Waals surface area contributed by atoms with Gasteiger partial charge in [-0.1, -0.05) is 32.1 Å². The SMILES string of the molecule is CC.CNCCCCNc1cc(C2=C(O)C=CCC=C2)nc2c(Br)cnn12.O=Cc1ccncc1. The van der Waals surface area contributed by atoms with Gasteiger partial charge < -0.3 is 15.7 Å². The molecule has 0 radical (unpaired) electrons. The van der Waals surface area contributed by atoms with E-state index in [9.17, 15) is 9.90 Å². The molecule has 0 unspecified atom stereocenters. The van der Waals surface area contributed by atoms with Gasteiger partial charge in [-0.25, -0.2) is 4.98 Å². The number of hydrogen-bond acceptors (Lipinski definition) is 7. The monoisotopic (exact) mass is 540 g/mol. The van der Waals surface area contributed by atoms with Gasteiger partial charge in [0.2, 0.25) is 0 Å². The van der Waals surface area contributed by atoms with Crippen molar-refractivity contribution in [3.05, 3.63) is 82.6 Å². The van der Waals surface area contributed by atoms with E-state index in [1.165, 1.54) is 0 Å². The van der Waals surface area contributed by atoms with Crippen LogP contribution in [0.1, 0.15) is 49.2 Å². The summed E-state index contributed by atoms with van der Waals surface area (Å²) in [4.78, 5) is 18.4. The van der Waals surface area contributed by atoms with Crippen molar-refractivity contribution in [2.45, 2.75) is 33.1 Å². The molecular formula is C26H33BrN6O2. The van der Waals surface area contributed by atoms with Crippen molar-refractivity contribution in [3.8, 4) is 0 Å². The highest BCUT2D eigenvalue weighted by atomic mass is 79.9. The van der Waals surface area contributed by atoms with Crippen LogP contribution in [-0.2, 0) is 0 Å². The van der Waals surface area contributed by atoms with Crippen LogP contribution >= 0.6 is 15.9 Å². The smallest absolute Gasteiger partial charge is 0.172 e. The van der Waals surface area contributed by atoms with Gasteiger partial charge in [-0.15, -0.1) is 0 Å². The summed E-state index contributed by atoms with van der Waals surface area (Å²) >= 11 is 3.50. The number of anilines is 1. The van der Waals surface area contributed by atoms with Crippen molar-refractivity contribution in [1.29, 1.82) is 0 Å². The molecule has 186 valence electrons. The number of nitrogens with one attached hydrogen (secondary N) is 2. The van der Waals surface area contributed by atoms with Crippen LogP contribution in [0.15, 0.2) is 71.3 Å². The van der Waals surface area contributed by atoms with Gasteiger partial charge in [0.25, 0.3) is 0 Å². The van der Waals surface area contributed by atoms with Crippen molar-refractivity contribution in [1.82, 2.24) is 24.9 Å². The third-order valence-electron chi connectivity index (χ3n) is 4.81. The number of aromatic nitrogens is 4. The average Bonchev–Trinajstić information content (AvgIpc) is 3.14. The molecule has 35 heavy (non-hydrogen) atoms. The molecule has 0 spiro atoms. The zero-order valence-corrected chi connectivity index (χ0v) is 22.0. The molecular weight excluding hydrogens is 508 g/mol. The minimum atomic E-state index is 0.223. The van der Waals surface area contributed by atoms with E-state index in [2.05, 4.69) is 41.6 Å². The van der Waals surface area contributed by atoms with E-state index in [0.717, 1.165) is 54.6 Å². The fourth-order valence-electron chi connectivity index (χ4n) is 3.12. The number of aliphatic hydroxyl groups is 1. The Morgan fingerprint density at radius 1 is 1.14 bits per heavy atom. The van der Waals surface area contributed by atoms with Crippen LogP contribution in [0.4, 0.5) is 5.82 Å². The molecule has 1 aliphatic rings. The molecule has 3 heterocycles. The molecule has 3 aromatic rings. The lowest BCUT2D eigenvalue weighted by atomic mass is 10.1. The molecule has 3 aromatic heterocycles. The molecule has 9 heteroatoms. The van der Waals surface area contributed by atoms with Crippen molar-refractivity contribution in [3.63, 3.8) is 0 Å². The number of hydrogen-bond donors (Lipinski definition) is 3. The highest BCUT2D eigenvalue weighted by Gasteiger charge is 2.14. The van der Waals surface area contributed by atoms with E-state index in [1.807, 2.05) is 45.2 Å². The fourth-order valence-corrected chi connectivity index (χ4v) is 3.47. The second-order valence-electron chi connectivity index (χ2n) is 7.23. The quantitative estimate of drug-likeness (QED) is 0.252. The average molecular weight is 541 g/mol. The summed E-state index contributed by atoms with van der Waals surface area (Å²) in [5, 5.41) is 21.3. The Labute approximate surface area is 215 Å². The number of nitrogens with zero attached hydrogens (tertiary/aromatic N) is 4. The molecule has 8 nitrogen and oxygen atoms in total. The molecule has 0 atom stereocenters. The Morgan fingerprint density at radius 3 is 2.54 bits per heavy atom. The fraction of sp³-hybridized carbons (Fsp3) is 0.308. The van der Waals surface area contributed by atoms with Gasteiger partial charge in [0.1, 0.15) is 17.9 Å². The number of carbonyl (C=O) groups is 1. The summed E-state index contributed by atoms with van der Waals surface area (Å²) in [5.41, 5.74) is 2.81. The lowest BCUT2D eigenvalue weighted by molar-refractivity contribution is 0.112. The van der Waals surface area contributed by atoms with E-state index in [0.29, 0.717) is 16.8 Å². The van der Waals surface area contributed by atoms with Gasteiger partial charge >= 0.3 is 0 Å². The zero-order chi connectivity index (χ0) is 25.5. The van der Waals surface area contributed by atoms with Crippen molar-refractivity contribution < 1.29 is 9.90 Å². The van der Waals surface area contributed by atoms with Gasteiger partial charge in [0.05, 0.1) is 16.4 Å². The normalized spacial score (nSPS) is 12.3. The first kappa shape index (κ1) is 27.9. The second-order valence-corrected chi connectivity index (χ2v) is 8.08. The van der Waals surface area contributed by atoms with Gasteiger partial charge in [-0.3, -0.25) is 9.78 Å². The summed E-state index contributed by atoms with van der Waals surface area (Å²) in [7, 11) is 1.96. The van der Waals surface area contributed by atoms with Gasteiger partial charge in [-0.2, -0.15) is 9.61 Å². The van der Waals surface area contributed by atoms with Crippen LogP contribution < -0.4 is 10.6 Å². The predicted octanol–water partition coefficient (Wildman–Crippen LogP) is 5.61. The van der Waals surface area contributed by atoms with Crippen molar-refractivity contribution >= 4 is 39.3 Å². The zero-order valence-electron chi connectivity index (χ0n) is 20.4. The molecule has 3 N–H and O–H groups in total. The number of aldehydes is 1. The number of halogens is 1. The number of allylic oxidation sites excluding steroid dienone is 5. The molecule has 0 bridgehead atoms. The maximum atomic E-state index is 10.3. The molecule has 0 amide bonds. The molecule has 0 aromatic carbocycles. The summed E-state index contributed by atoms with van der Waals surface area (Å²) in [6.07, 6.45) is 16.2. The third-order valence-corrected chi connectivity index (χ3v) is 5.37. The first-order valence-electron chi connectivity index (χ1n) is 11.7. The maximum Gasteiger partial charge on any atom is 0.172 e. The number of pyridine rings is 1. The lowest BCUT2D eigenvalue weighted by Crippen LogP contribution is -2.12. The van der Waals surface area contributed by atoms with Crippen LogP contribution in [0.2, 0.25) is 0 Å². The Bertz CT molecular complexity index is 1160. The van der Waals surface area contributed by atoms with Crippen LogP contribution in [0.5, 0.6) is 0 Å². The predicted molar refractivity (Wildman–Crippen MR) is 146 cm³/mol. The second kappa shape index (κ2) is 15.6. The Hall–Kier alpha value is -3.30. The van der Waals surface area contributed by atoms with Gasteiger partial charge in [0, 0.05) is 36.1 Å². The van der Waals surface area contributed by atoms with Crippen LogP contribution in [-0.4, -0.2) is 51.1 Å². The number of carbonyl (C=O) groups excluding carboxylic acids is 1. The molecule has 0 saturated heterocycles. The standard InChI is InChI=1S/C18H22BrN5O.C6H5NO.C2H6/c1-20-9-5-6-10-21-17-11-15(13-7-3-2-4-8-16(13)25)23-18-14(19)12-22-24(17)18;8-5-6-1-3-7-4-2-6;1-2/h3-4,7-8,11-12,20-21,25H,2,5-6,9-10H2,1H3;1-5H;1-2H3. The number of unbranched alkanes of at least 4 members (excludes halogenated alkanes) is 1. The van der Waals surface area contributed by atoms with Crippen LogP contribution in [0.3, 0.4) is 0 Å². The maximum absolute atomic E-state index is 10.3. The molecule has 0 fully saturated rings. The summed E-state index contributed by atoms with van der Waals surface area (Å²) in [6.45, 7) is 5.85. The van der Waals surface area contributed by atoms with E-state index in [1.54, 1.807) is 41.3 Å². The largest absolute Gasteiger partial charge is 0.507 e. The summed E-state index contributed by atoms with van der Waals surface area (Å²) < 4.78 is 2.60. The highest BCUT2D eigenvalue weighted by molar-refractivity contribution is 9.10. The Balaban J connectivity index is 0.000000363. The van der Waals surface area contributed by atoms with Crippen molar-refractivity contribution in [2.75, 3.05) is 25.5 Å². The van der Waals surface area contributed by atoms with Crippen molar-refractivity contribution in [2.24, 2.45) is 0 Å². The minimum Gasteiger partial charge on any atom is -0.507 e. The molecule has 4 rings (SSSR count). The number of fused-ring (bicyclic) bond motifs is 1. The Morgan fingerprint density at radius 2 is 1.86 bits per heavy atom. The number of rotatable bonds is 8. The van der Waals surface area contributed by atoms with E-state index in [-0.39, 0.29) is 5.76 Å². The lowest BCUT2D eigenvalue weighted by Gasteiger charge is -2.11. The van der Waals surface area contributed by atoms with E-state index < -0.39 is 0 Å². The molecule has 0 aliphatic heterocycles. The van der Waals surface area contributed by atoms with Gasteiger partial charge in [-0.05, 0) is 67.0 Å². The highest BCUT2D eigenvalue weighted by Crippen LogP contribution is 2.27. The topological polar surface area (TPSA) is 104 Å². The third kappa shape index (κ3) is 8.45. The van der Waals surface area contributed by atoms with Crippen LogP contribution in [0.25, 0.3) is 11.2 Å². The Kier molecular flexibility index (Phi) is 12.4. The molecule has 0 saturated carbocycles. The van der Waals surface area contributed by atoms with E-state index >= 15 is 0 Å². The summed E-state index contributed by atoms with van der Waals surface area (Å²) in [5.74, 6) is 1.08. The summed E-state index contributed by atoms with van der Waals surface area (Å²) in [6, 6.07) is 5.25. The minimum absolute atomic E-state index is 0.223. The number of aliphatic hydroxyl groups excluding tert-OH is 1. The van der Waals surface area contributed by atoms with Crippen LogP contribution in [0, 0.1) is 0 Å².